The molecule has 2 amide bonds. The number of urea groups is 1. The smallest absolute Gasteiger partial charge is 0.335 e. The van der Waals surface area contributed by atoms with Crippen LogP contribution in [0.5, 0.6) is 0 Å². The number of carbonyl (C=O) groups excluding carboxylic acids is 1. The molecule has 0 saturated carbocycles. The SMILES string of the molecule is CCCNC(=O)NCc1nnc(S(=O)(=O)Cc2ccc(F)cc2)o1. The van der Waals surface area contributed by atoms with Gasteiger partial charge in [0.25, 0.3) is 0 Å². The maximum atomic E-state index is 12.8. The minimum Gasteiger partial charge on any atom is -0.411 e. The first-order chi connectivity index (χ1) is 11.4. The predicted molar refractivity (Wildman–Crippen MR) is 82.1 cm³/mol. The molecule has 1 aromatic carbocycles. The number of amides is 2. The van der Waals surface area contributed by atoms with Crippen LogP contribution in [0.1, 0.15) is 24.8 Å². The summed E-state index contributed by atoms with van der Waals surface area (Å²) in [6.45, 7) is 2.35. The first-order valence-corrected chi connectivity index (χ1v) is 8.87. The largest absolute Gasteiger partial charge is 0.411 e. The summed E-state index contributed by atoms with van der Waals surface area (Å²) in [5.41, 5.74) is 0.396. The molecule has 2 aromatic rings. The summed E-state index contributed by atoms with van der Waals surface area (Å²) < 4.78 is 42.3. The molecular formula is C14H17FN4O4S. The second-order valence-electron chi connectivity index (χ2n) is 4.96. The van der Waals surface area contributed by atoms with E-state index in [0.29, 0.717) is 12.1 Å². The highest BCUT2D eigenvalue weighted by Crippen LogP contribution is 2.15. The van der Waals surface area contributed by atoms with Crippen molar-refractivity contribution < 1.29 is 22.0 Å². The number of rotatable bonds is 7. The Morgan fingerprint density at radius 1 is 1.21 bits per heavy atom. The molecule has 0 fully saturated rings. The zero-order valence-electron chi connectivity index (χ0n) is 13.0. The number of sulfone groups is 1. The maximum Gasteiger partial charge on any atom is 0.335 e. The highest BCUT2D eigenvalue weighted by Gasteiger charge is 2.23. The number of carbonyl (C=O) groups is 1. The van der Waals surface area contributed by atoms with Gasteiger partial charge in [-0.1, -0.05) is 24.2 Å². The van der Waals surface area contributed by atoms with Gasteiger partial charge in [0.05, 0.1) is 12.3 Å². The van der Waals surface area contributed by atoms with E-state index in [1.165, 1.54) is 24.3 Å². The predicted octanol–water partition coefficient (Wildman–Crippen LogP) is 1.39. The van der Waals surface area contributed by atoms with Gasteiger partial charge in [-0.3, -0.25) is 0 Å². The van der Waals surface area contributed by atoms with Crippen LogP contribution in [-0.2, 0) is 22.1 Å². The van der Waals surface area contributed by atoms with E-state index >= 15 is 0 Å². The summed E-state index contributed by atoms with van der Waals surface area (Å²) in [5.74, 6) is -0.873. The van der Waals surface area contributed by atoms with Crippen LogP contribution in [0.3, 0.4) is 0 Å². The lowest BCUT2D eigenvalue weighted by Gasteiger charge is -2.03. The van der Waals surface area contributed by atoms with Crippen molar-refractivity contribution in [1.29, 1.82) is 0 Å². The second-order valence-corrected chi connectivity index (χ2v) is 6.82. The number of nitrogens with one attached hydrogen (secondary N) is 2. The molecule has 0 saturated heterocycles. The normalized spacial score (nSPS) is 11.2. The lowest BCUT2D eigenvalue weighted by atomic mass is 10.2. The van der Waals surface area contributed by atoms with Crippen LogP contribution in [0, 0.1) is 5.82 Å². The average molecular weight is 356 g/mol. The van der Waals surface area contributed by atoms with Gasteiger partial charge in [-0.2, -0.15) is 0 Å². The van der Waals surface area contributed by atoms with Crippen LogP contribution in [0.2, 0.25) is 0 Å². The first-order valence-electron chi connectivity index (χ1n) is 7.22. The van der Waals surface area contributed by atoms with E-state index < -0.39 is 26.9 Å². The molecular weight excluding hydrogens is 339 g/mol. The number of nitrogens with zero attached hydrogens (tertiary/aromatic N) is 2. The van der Waals surface area contributed by atoms with Gasteiger partial charge in [0.2, 0.25) is 15.7 Å². The van der Waals surface area contributed by atoms with Gasteiger partial charge in [0, 0.05) is 6.54 Å². The van der Waals surface area contributed by atoms with Crippen molar-refractivity contribution in [2.45, 2.75) is 30.9 Å². The van der Waals surface area contributed by atoms with E-state index in [-0.39, 0.29) is 18.2 Å². The Kier molecular flexibility index (Phi) is 5.85. The zero-order chi connectivity index (χ0) is 17.6. The molecule has 130 valence electrons. The number of hydrogen-bond acceptors (Lipinski definition) is 6. The van der Waals surface area contributed by atoms with Crippen molar-refractivity contribution in [3.05, 3.63) is 41.5 Å². The summed E-state index contributed by atoms with van der Waals surface area (Å²) in [6.07, 6.45) is 0.791. The van der Waals surface area contributed by atoms with E-state index in [1.54, 1.807) is 0 Å². The molecule has 24 heavy (non-hydrogen) atoms. The molecule has 0 atom stereocenters. The third-order valence-electron chi connectivity index (χ3n) is 2.92. The van der Waals surface area contributed by atoms with Crippen molar-refractivity contribution >= 4 is 15.9 Å². The maximum absolute atomic E-state index is 12.8. The van der Waals surface area contributed by atoms with Crippen LogP contribution in [-0.4, -0.2) is 31.2 Å². The summed E-state index contributed by atoms with van der Waals surface area (Å²) in [6, 6.07) is 4.66. The van der Waals surface area contributed by atoms with E-state index in [2.05, 4.69) is 20.8 Å². The fourth-order valence-corrected chi connectivity index (χ4v) is 2.90. The molecule has 1 aromatic heterocycles. The van der Waals surface area contributed by atoms with Crippen molar-refractivity contribution in [1.82, 2.24) is 20.8 Å². The Bertz CT molecular complexity index is 789. The van der Waals surface area contributed by atoms with Crippen molar-refractivity contribution in [3.63, 3.8) is 0 Å². The second kappa shape index (κ2) is 7.86. The van der Waals surface area contributed by atoms with Crippen LogP contribution >= 0.6 is 0 Å². The quantitative estimate of drug-likeness (QED) is 0.775. The minimum atomic E-state index is -3.85. The molecule has 0 unspecified atom stereocenters. The van der Waals surface area contributed by atoms with Gasteiger partial charge in [0.15, 0.2) is 0 Å². The van der Waals surface area contributed by atoms with Gasteiger partial charge in [-0.15, -0.1) is 5.10 Å². The highest BCUT2D eigenvalue weighted by molar-refractivity contribution is 7.90. The molecule has 0 aliphatic carbocycles. The van der Waals surface area contributed by atoms with E-state index in [1.807, 2.05) is 6.92 Å². The topological polar surface area (TPSA) is 114 Å². The minimum absolute atomic E-state index is 0.0284. The third kappa shape index (κ3) is 5.01. The Labute approximate surface area is 138 Å². The van der Waals surface area contributed by atoms with Crippen molar-refractivity contribution in [2.24, 2.45) is 0 Å². The highest BCUT2D eigenvalue weighted by atomic mass is 32.2. The molecule has 1 heterocycles. The molecule has 0 aliphatic rings. The third-order valence-corrected chi connectivity index (χ3v) is 4.33. The van der Waals surface area contributed by atoms with Crippen LogP contribution in [0.4, 0.5) is 9.18 Å². The summed E-state index contributed by atoms with van der Waals surface area (Å²) in [5, 5.41) is 11.6. The fraction of sp³-hybridized carbons (Fsp3) is 0.357. The molecule has 8 nitrogen and oxygen atoms in total. The van der Waals surface area contributed by atoms with Crippen LogP contribution in [0.15, 0.2) is 33.9 Å². The number of aromatic nitrogens is 2. The summed E-state index contributed by atoms with van der Waals surface area (Å²) in [4.78, 5) is 11.4. The van der Waals surface area contributed by atoms with Gasteiger partial charge >= 0.3 is 11.3 Å². The molecule has 2 rings (SSSR count). The average Bonchev–Trinajstić information content (AvgIpc) is 3.03. The Hall–Kier alpha value is -2.49. The number of benzene rings is 1. The van der Waals surface area contributed by atoms with Crippen molar-refractivity contribution in [3.8, 4) is 0 Å². The summed E-state index contributed by atoms with van der Waals surface area (Å²) >= 11 is 0. The van der Waals surface area contributed by atoms with Crippen molar-refractivity contribution in [2.75, 3.05) is 6.54 Å². The van der Waals surface area contributed by atoms with Gasteiger partial charge < -0.3 is 15.1 Å². The lowest BCUT2D eigenvalue weighted by molar-refractivity contribution is 0.239. The monoisotopic (exact) mass is 356 g/mol. The van der Waals surface area contributed by atoms with Crippen LogP contribution in [0.25, 0.3) is 0 Å². The number of halogens is 1. The van der Waals surface area contributed by atoms with E-state index in [0.717, 1.165) is 6.42 Å². The Morgan fingerprint density at radius 3 is 2.58 bits per heavy atom. The molecule has 0 radical (unpaired) electrons. The standard InChI is InChI=1S/C14H17FN4O4S/c1-2-7-16-13(20)17-8-12-18-19-14(23-12)24(21,22)9-10-3-5-11(15)6-4-10/h3-6H,2,7-9H2,1H3,(H2,16,17,20). The lowest BCUT2D eigenvalue weighted by Crippen LogP contribution is -2.35. The number of hydrogen-bond donors (Lipinski definition) is 2. The van der Waals surface area contributed by atoms with Gasteiger partial charge in [-0.05, 0) is 24.1 Å². The zero-order valence-corrected chi connectivity index (χ0v) is 13.8. The van der Waals surface area contributed by atoms with Gasteiger partial charge in [-0.25, -0.2) is 17.6 Å². The van der Waals surface area contributed by atoms with E-state index in [4.69, 9.17) is 4.42 Å². The molecule has 10 heteroatoms. The van der Waals surface area contributed by atoms with E-state index in [9.17, 15) is 17.6 Å². The Morgan fingerprint density at radius 2 is 1.92 bits per heavy atom. The van der Waals surface area contributed by atoms with Gasteiger partial charge in [0.1, 0.15) is 5.82 Å². The fourth-order valence-electron chi connectivity index (χ4n) is 1.75. The molecule has 0 bridgehead atoms. The van der Waals surface area contributed by atoms with Crippen LogP contribution < -0.4 is 10.6 Å². The first kappa shape index (κ1) is 17.9. The Balaban J connectivity index is 1.98. The summed E-state index contributed by atoms with van der Waals surface area (Å²) in [7, 11) is -3.85. The molecule has 0 spiro atoms. The molecule has 0 aliphatic heterocycles. The molecule has 2 N–H and O–H groups in total.